The van der Waals surface area contributed by atoms with Gasteiger partial charge in [0.05, 0.1) is 17.4 Å². The normalized spacial score (nSPS) is 25.6. The number of halogens is 1. The van der Waals surface area contributed by atoms with E-state index in [-0.39, 0.29) is 11.8 Å². The van der Waals surface area contributed by atoms with Gasteiger partial charge in [-0.2, -0.15) is 0 Å². The Morgan fingerprint density at radius 3 is 2.33 bits per heavy atom. The molecule has 0 bridgehead atoms. The van der Waals surface area contributed by atoms with Crippen LogP contribution in [0.2, 0.25) is 0 Å². The molecule has 1 aromatic heterocycles. The molecule has 2 aliphatic rings. The quantitative estimate of drug-likeness (QED) is 0.790. The van der Waals surface area contributed by atoms with Gasteiger partial charge >= 0.3 is 7.12 Å². The van der Waals surface area contributed by atoms with E-state index in [1.54, 1.807) is 18.6 Å². The monoisotopic (exact) mass is 334 g/mol. The van der Waals surface area contributed by atoms with Crippen LogP contribution in [0.15, 0.2) is 29.9 Å². The highest BCUT2D eigenvalue weighted by Gasteiger charge is 2.53. The maximum Gasteiger partial charge on any atom is 0.525 e. The van der Waals surface area contributed by atoms with Crippen LogP contribution in [0.3, 0.4) is 0 Å². The molecule has 0 radical (unpaired) electrons. The maximum atomic E-state index is 14.8. The first-order valence-corrected chi connectivity index (χ1v) is 8.44. The average molecular weight is 334 g/mol. The van der Waals surface area contributed by atoms with Gasteiger partial charge in [-0.1, -0.05) is 0 Å². The molecule has 1 aromatic rings. The Kier molecular flexibility index (Phi) is 4.66. The Hall–Kier alpha value is -1.47. The molecule has 7 heteroatoms. The van der Waals surface area contributed by atoms with E-state index in [1.807, 2.05) is 27.7 Å². The predicted molar refractivity (Wildman–Crippen MR) is 89.1 cm³/mol. The van der Waals surface area contributed by atoms with E-state index in [0.717, 1.165) is 18.4 Å². The van der Waals surface area contributed by atoms with Gasteiger partial charge in [-0.25, -0.2) is 9.37 Å². The van der Waals surface area contributed by atoms with Gasteiger partial charge in [0.25, 0.3) is 0 Å². The van der Waals surface area contributed by atoms with Crippen molar-refractivity contribution in [2.24, 2.45) is 0 Å². The van der Waals surface area contributed by atoms with Crippen LogP contribution in [0, 0.1) is 0 Å². The van der Waals surface area contributed by atoms with Crippen LogP contribution in [-0.2, 0) is 9.31 Å². The predicted octanol–water partition coefficient (Wildman–Crippen LogP) is 3.65. The van der Waals surface area contributed by atoms with E-state index in [4.69, 9.17) is 14.0 Å². The van der Waals surface area contributed by atoms with Crippen molar-refractivity contribution in [3.8, 4) is 5.88 Å². The number of allylic oxidation sites excluding steroid dienone is 1. The van der Waals surface area contributed by atoms with Gasteiger partial charge in [0.2, 0.25) is 5.88 Å². The Bertz CT molecular complexity index is 596. The summed E-state index contributed by atoms with van der Waals surface area (Å²) in [5.74, 6) is 0.515. The van der Waals surface area contributed by atoms with Crippen molar-refractivity contribution in [2.45, 2.75) is 70.7 Å². The molecule has 0 atom stereocenters. The SMILES string of the molecule is CC1(C)OB(C(F)=C2CCC(Oc3cnccn3)CC2)OC1(C)C. The molecule has 2 heterocycles. The molecule has 1 aliphatic heterocycles. The molecule has 0 unspecified atom stereocenters. The summed E-state index contributed by atoms with van der Waals surface area (Å²) in [4.78, 5) is 8.09. The highest BCUT2D eigenvalue weighted by Crippen LogP contribution is 2.40. The van der Waals surface area contributed by atoms with Crippen molar-refractivity contribution in [1.29, 1.82) is 0 Å². The lowest BCUT2D eigenvalue weighted by Crippen LogP contribution is -2.41. The lowest BCUT2D eigenvalue weighted by Gasteiger charge is -2.32. The lowest BCUT2D eigenvalue weighted by molar-refractivity contribution is 0.00578. The molecule has 0 N–H and O–H groups in total. The van der Waals surface area contributed by atoms with Gasteiger partial charge in [-0.3, -0.25) is 4.98 Å². The summed E-state index contributed by atoms with van der Waals surface area (Å²) < 4.78 is 32.2. The number of nitrogens with zero attached hydrogens (tertiary/aromatic N) is 2. The Morgan fingerprint density at radius 2 is 1.79 bits per heavy atom. The van der Waals surface area contributed by atoms with Crippen LogP contribution >= 0.6 is 0 Å². The summed E-state index contributed by atoms with van der Waals surface area (Å²) in [6, 6.07) is 0. The fraction of sp³-hybridized carbons (Fsp3) is 0.647. The van der Waals surface area contributed by atoms with E-state index in [0.29, 0.717) is 18.7 Å². The zero-order chi connectivity index (χ0) is 17.4. The summed E-state index contributed by atoms with van der Waals surface area (Å²) in [7, 11) is -0.901. The minimum Gasteiger partial charge on any atom is -0.473 e. The minimum atomic E-state index is -0.901. The van der Waals surface area contributed by atoms with Gasteiger partial charge < -0.3 is 14.0 Å². The molecule has 0 spiro atoms. The van der Waals surface area contributed by atoms with Crippen molar-refractivity contribution in [3.05, 3.63) is 29.9 Å². The molecule has 1 saturated heterocycles. The van der Waals surface area contributed by atoms with Crippen LogP contribution in [0.5, 0.6) is 5.88 Å². The summed E-state index contributed by atoms with van der Waals surface area (Å²) >= 11 is 0. The lowest BCUT2D eigenvalue weighted by atomic mass is 9.79. The molecule has 5 nitrogen and oxygen atoms in total. The highest BCUT2D eigenvalue weighted by atomic mass is 19.1. The average Bonchev–Trinajstić information content (AvgIpc) is 2.76. The van der Waals surface area contributed by atoms with Crippen molar-refractivity contribution < 1.29 is 18.4 Å². The number of rotatable bonds is 3. The molecule has 130 valence electrons. The molecule has 2 fully saturated rings. The smallest absolute Gasteiger partial charge is 0.473 e. The van der Waals surface area contributed by atoms with Crippen LogP contribution in [0.4, 0.5) is 4.39 Å². The standard InChI is InChI=1S/C17H24BFN2O3/c1-16(2)17(3,4)24-18(23-16)15(19)12-5-7-13(8-6-12)22-14-11-20-9-10-21-14/h9-11,13H,5-8H2,1-4H3. The molecule has 0 amide bonds. The fourth-order valence-corrected chi connectivity index (χ4v) is 2.93. The first-order chi connectivity index (χ1) is 11.3. The van der Waals surface area contributed by atoms with E-state index in [1.165, 1.54) is 0 Å². The summed E-state index contributed by atoms with van der Waals surface area (Å²) in [5.41, 5.74) is -0.553. The van der Waals surface area contributed by atoms with Crippen molar-refractivity contribution >= 4 is 7.12 Å². The van der Waals surface area contributed by atoms with E-state index in [9.17, 15) is 4.39 Å². The second-order valence-corrected chi connectivity index (χ2v) is 7.40. The van der Waals surface area contributed by atoms with Crippen molar-refractivity contribution in [3.63, 3.8) is 0 Å². The van der Waals surface area contributed by atoms with E-state index < -0.39 is 18.3 Å². The largest absolute Gasteiger partial charge is 0.525 e. The third-order valence-corrected chi connectivity index (χ3v) is 5.16. The van der Waals surface area contributed by atoms with Gasteiger partial charge in [0.1, 0.15) is 11.8 Å². The summed E-state index contributed by atoms with van der Waals surface area (Å²) in [5, 5.41) is 0. The molecule has 3 rings (SSSR count). The second-order valence-electron chi connectivity index (χ2n) is 7.40. The fourth-order valence-electron chi connectivity index (χ4n) is 2.93. The van der Waals surface area contributed by atoms with Crippen LogP contribution < -0.4 is 4.74 Å². The van der Waals surface area contributed by atoms with Crippen LogP contribution in [0.1, 0.15) is 53.4 Å². The maximum absolute atomic E-state index is 14.8. The molecule has 24 heavy (non-hydrogen) atoms. The van der Waals surface area contributed by atoms with E-state index in [2.05, 4.69) is 9.97 Å². The van der Waals surface area contributed by atoms with Crippen LogP contribution in [-0.4, -0.2) is 34.4 Å². The van der Waals surface area contributed by atoms with Crippen molar-refractivity contribution in [1.82, 2.24) is 9.97 Å². The first-order valence-electron chi connectivity index (χ1n) is 8.44. The third kappa shape index (κ3) is 3.47. The number of hydrogen-bond donors (Lipinski definition) is 0. The molecule has 1 saturated carbocycles. The minimum absolute atomic E-state index is 0.0385. The van der Waals surface area contributed by atoms with Gasteiger partial charge in [0, 0.05) is 12.4 Å². The van der Waals surface area contributed by atoms with Gasteiger partial charge in [-0.15, -0.1) is 0 Å². The summed E-state index contributed by atoms with van der Waals surface area (Å²) in [6.45, 7) is 7.71. The highest BCUT2D eigenvalue weighted by molar-refractivity contribution is 6.53. The Labute approximate surface area is 142 Å². The first kappa shape index (κ1) is 17.4. The molecule has 0 aromatic carbocycles. The third-order valence-electron chi connectivity index (χ3n) is 5.16. The zero-order valence-electron chi connectivity index (χ0n) is 14.7. The zero-order valence-corrected chi connectivity index (χ0v) is 14.7. The summed E-state index contributed by atoms with van der Waals surface area (Å²) in [6.07, 6.45) is 7.61. The molecular formula is C17H24BFN2O3. The Balaban J connectivity index is 1.60. The molecular weight excluding hydrogens is 310 g/mol. The van der Waals surface area contributed by atoms with Gasteiger partial charge in [0.15, 0.2) is 0 Å². The number of ether oxygens (including phenoxy) is 1. The Morgan fingerprint density at radius 1 is 1.17 bits per heavy atom. The topological polar surface area (TPSA) is 53.5 Å². The van der Waals surface area contributed by atoms with Crippen LogP contribution in [0.25, 0.3) is 0 Å². The van der Waals surface area contributed by atoms with Gasteiger partial charge in [-0.05, 0) is 59.0 Å². The number of hydrogen-bond acceptors (Lipinski definition) is 5. The van der Waals surface area contributed by atoms with Crippen molar-refractivity contribution in [2.75, 3.05) is 0 Å². The molecule has 1 aliphatic carbocycles. The van der Waals surface area contributed by atoms with E-state index >= 15 is 0 Å². The number of aromatic nitrogens is 2. The second kappa shape index (κ2) is 6.45.